The van der Waals surface area contributed by atoms with Crippen LogP contribution in [0.15, 0.2) is 10.5 Å². The van der Waals surface area contributed by atoms with Gasteiger partial charge in [-0.25, -0.2) is 4.79 Å². The number of halogens is 1. The Kier molecular flexibility index (Phi) is 6.44. The summed E-state index contributed by atoms with van der Waals surface area (Å²) in [6.45, 7) is 12.1. The van der Waals surface area contributed by atoms with Crippen LogP contribution < -0.4 is 30.7 Å². The van der Waals surface area contributed by atoms with Crippen LogP contribution in [0, 0.1) is 28.1 Å². The number of alkyl halides is 2. The van der Waals surface area contributed by atoms with E-state index >= 15 is 0 Å². The second-order valence-corrected chi connectivity index (χ2v) is 14.2. The molecule has 8 heteroatoms. The minimum atomic E-state index is -0.763. The first-order valence-corrected chi connectivity index (χ1v) is 15.4. The van der Waals surface area contributed by atoms with Crippen LogP contribution >= 0.6 is 0 Å². The smallest absolute Gasteiger partial charge is 0.448 e. The fraction of sp³-hybridized carbons (Fsp3) is 0.654. The van der Waals surface area contributed by atoms with Gasteiger partial charge in [0.15, 0.2) is 11.2 Å². The Morgan fingerprint density at radius 1 is 1.15 bits per heavy atom. The molecule has 7 nitrogen and oxygen atoms in total. The predicted octanol–water partition coefficient (Wildman–Crippen LogP) is 2.07. The van der Waals surface area contributed by atoms with Gasteiger partial charge in [-0.2, -0.15) is 0 Å². The number of carbonyl (C=O) groups excluding carboxylic acids is 3. The van der Waals surface area contributed by atoms with Gasteiger partial charge in [0.2, 0.25) is 5.75 Å². The van der Waals surface area contributed by atoms with Gasteiger partial charge in [-0.3, -0.25) is 0 Å². The third-order valence-corrected chi connectivity index (χ3v) is 9.35. The van der Waals surface area contributed by atoms with Crippen molar-refractivity contribution in [3.63, 3.8) is 0 Å². The molecule has 1 fully saturated rings. The number of hydrogen-bond donors (Lipinski definition) is 0. The van der Waals surface area contributed by atoms with Crippen LogP contribution in [0.25, 0.3) is 11.2 Å². The summed E-state index contributed by atoms with van der Waals surface area (Å²) in [6, 6.07) is 1.48. The summed E-state index contributed by atoms with van der Waals surface area (Å²) in [5, 5.41) is 0. The quantitative estimate of drug-likeness (QED) is 0.183. The molecule has 3 atom stereocenters. The van der Waals surface area contributed by atoms with Crippen LogP contribution in [0.3, 0.4) is 0 Å². The van der Waals surface area contributed by atoms with E-state index in [1.165, 1.54) is 16.9 Å². The molecule has 34 heavy (non-hydrogen) atoms. The SMILES string of the molecule is C[I-]CC1CC1CC(C)(C)C(C)(CC(C)(C)C)C(=O)OCC(=O)Oc1c2c3oc1cc3C(=O)O2. The van der Waals surface area contributed by atoms with Crippen molar-refractivity contribution in [2.24, 2.45) is 28.1 Å². The topological polar surface area (TPSA) is 92.0 Å². The van der Waals surface area contributed by atoms with Crippen LogP contribution in [0.4, 0.5) is 0 Å². The van der Waals surface area contributed by atoms with Crippen molar-refractivity contribution < 1.29 is 54.2 Å². The third kappa shape index (κ3) is 4.66. The zero-order valence-corrected chi connectivity index (χ0v) is 23.2. The molecule has 2 aromatic rings. The predicted molar refractivity (Wildman–Crippen MR) is 122 cm³/mol. The minimum absolute atomic E-state index is 0.0574. The van der Waals surface area contributed by atoms with E-state index in [2.05, 4.69) is 39.5 Å². The third-order valence-electron chi connectivity index (χ3n) is 7.34. The molecule has 0 amide bonds. The molecule has 4 rings (SSSR count). The summed E-state index contributed by atoms with van der Waals surface area (Å²) in [4.78, 5) is 40.1. The monoisotopic (exact) mass is 585 g/mol. The molecule has 188 valence electrons. The van der Waals surface area contributed by atoms with Gasteiger partial charge >= 0.3 is 169 Å². The first kappa shape index (κ1) is 25.3. The number of fused-ring (bicyclic) bond motifs is 1. The van der Waals surface area contributed by atoms with Crippen LogP contribution in [0.2, 0.25) is 0 Å². The van der Waals surface area contributed by atoms with Crippen molar-refractivity contribution in [1.29, 1.82) is 0 Å². The van der Waals surface area contributed by atoms with Crippen molar-refractivity contribution >= 4 is 29.1 Å². The molecular formula is C26H34IO7-. The molecule has 1 saturated carbocycles. The summed E-state index contributed by atoms with van der Waals surface area (Å²) in [5.74, 6) is -0.0249. The Hall–Kier alpha value is -1.84. The second kappa shape index (κ2) is 8.68. The van der Waals surface area contributed by atoms with E-state index in [0.717, 1.165) is 12.3 Å². The van der Waals surface area contributed by atoms with Crippen molar-refractivity contribution in [3.8, 4) is 11.5 Å². The van der Waals surface area contributed by atoms with E-state index in [9.17, 15) is 14.4 Å². The van der Waals surface area contributed by atoms with Gasteiger partial charge in [0.05, 0.1) is 0 Å². The van der Waals surface area contributed by atoms with Crippen LogP contribution in [0.1, 0.15) is 71.2 Å². The Labute approximate surface area is 210 Å². The zero-order valence-electron chi connectivity index (χ0n) is 21.0. The molecule has 0 spiro atoms. The van der Waals surface area contributed by atoms with Crippen molar-refractivity contribution in [3.05, 3.63) is 11.6 Å². The number of ether oxygens (including phenoxy) is 3. The Bertz CT molecular complexity index is 1110. The summed E-state index contributed by atoms with van der Waals surface area (Å²) >= 11 is 0.279. The molecule has 1 aliphatic heterocycles. The van der Waals surface area contributed by atoms with Crippen LogP contribution in [0.5, 0.6) is 11.5 Å². The first-order valence-electron chi connectivity index (χ1n) is 11.7. The molecule has 3 unspecified atom stereocenters. The molecule has 2 aliphatic rings. The number of hydrogen-bond acceptors (Lipinski definition) is 7. The maximum atomic E-state index is 13.5. The van der Waals surface area contributed by atoms with Crippen molar-refractivity contribution in [1.82, 2.24) is 0 Å². The molecule has 0 N–H and O–H groups in total. The normalized spacial score (nSPS) is 21.6. The van der Waals surface area contributed by atoms with E-state index in [0.29, 0.717) is 17.9 Å². The molecule has 0 aromatic carbocycles. The molecule has 1 aliphatic carbocycles. The number of furan rings is 2. The standard InChI is InChI=1S/C26H34IO7/c1-24(2,3)13-26(6,25(4,5)10-14-8-15(14)11-27-7)23(30)31-12-18(28)33-20-17-9-16-19(32-17)21(20)34-22(16)29/h9,14-15H,8,10-13H2,1-7H3/q-1. The van der Waals surface area contributed by atoms with E-state index in [1.807, 2.05) is 6.92 Å². The Balaban J connectivity index is 1.42. The van der Waals surface area contributed by atoms with Gasteiger partial charge in [0.1, 0.15) is 5.56 Å². The second-order valence-electron chi connectivity index (χ2n) is 11.8. The number of benzene rings is 1. The van der Waals surface area contributed by atoms with Gasteiger partial charge in [-0.15, -0.1) is 0 Å². The number of carbonyl (C=O) groups is 3. The molecular weight excluding hydrogens is 551 g/mol. The number of rotatable bonds is 10. The van der Waals surface area contributed by atoms with Gasteiger partial charge in [-0.1, -0.05) is 0 Å². The molecule has 2 bridgehead atoms. The van der Waals surface area contributed by atoms with Crippen LogP contribution in [-0.4, -0.2) is 33.9 Å². The number of esters is 3. The van der Waals surface area contributed by atoms with Crippen molar-refractivity contribution in [2.75, 3.05) is 16.0 Å². The fourth-order valence-electron chi connectivity index (χ4n) is 5.28. The zero-order chi connectivity index (χ0) is 25.1. The molecule has 3 heterocycles. The van der Waals surface area contributed by atoms with Gasteiger partial charge in [0.25, 0.3) is 0 Å². The van der Waals surface area contributed by atoms with Crippen LogP contribution in [-0.2, 0) is 14.3 Å². The summed E-state index contributed by atoms with van der Waals surface area (Å²) in [7, 11) is 0. The van der Waals surface area contributed by atoms with E-state index in [-0.39, 0.29) is 60.7 Å². The van der Waals surface area contributed by atoms with Crippen molar-refractivity contribution in [2.45, 2.75) is 60.8 Å². The first-order chi connectivity index (χ1) is 15.8. The Morgan fingerprint density at radius 2 is 1.85 bits per heavy atom. The van der Waals surface area contributed by atoms with E-state index in [1.54, 1.807) is 0 Å². The fourth-order valence-corrected chi connectivity index (χ4v) is 7.49. The van der Waals surface area contributed by atoms with Gasteiger partial charge in [-0.05, 0) is 0 Å². The van der Waals surface area contributed by atoms with Gasteiger partial charge in [0, 0.05) is 6.07 Å². The van der Waals surface area contributed by atoms with E-state index in [4.69, 9.17) is 18.6 Å². The average Bonchev–Trinajstić information content (AvgIpc) is 3.05. The summed E-state index contributed by atoms with van der Waals surface area (Å²) in [5.41, 5.74) is -0.279. The van der Waals surface area contributed by atoms with E-state index < -0.39 is 24.0 Å². The molecule has 2 aromatic heterocycles. The Morgan fingerprint density at radius 3 is 2.50 bits per heavy atom. The average molecular weight is 585 g/mol. The summed E-state index contributed by atoms with van der Waals surface area (Å²) in [6.07, 6.45) is 2.86. The minimum Gasteiger partial charge on any atom is -0.448 e. The van der Waals surface area contributed by atoms with Gasteiger partial charge < -0.3 is 9.15 Å². The molecule has 0 saturated heterocycles. The summed E-state index contributed by atoms with van der Waals surface area (Å²) < 4.78 is 22.8. The molecule has 0 radical (unpaired) electrons. The maximum absolute atomic E-state index is 13.5.